The minimum Gasteiger partial charge on any atom is -0.322 e. The van der Waals surface area contributed by atoms with E-state index in [0.29, 0.717) is 22.7 Å². The van der Waals surface area contributed by atoms with Crippen molar-refractivity contribution in [2.75, 3.05) is 16.0 Å². The third kappa shape index (κ3) is 4.14. The van der Waals surface area contributed by atoms with E-state index in [1.165, 1.54) is 48.2 Å². The maximum absolute atomic E-state index is 13.6. The number of benzene rings is 3. The van der Waals surface area contributed by atoms with E-state index in [1.807, 2.05) is 12.1 Å². The summed E-state index contributed by atoms with van der Waals surface area (Å²) in [5, 5.41) is 2.48. The van der Waals surface area contributed by atoms with Crippen LogP contribution in [0.25, 0.3) is 0 Å². The minimum absolute atomic E-state index is 0.0840. The topological polar surface area (TPSA) is 49.4 Å². The first-order valence-corrected chi connectivity index (χ1v) is 9.92. The minimum atomic E-state index is -0.405. The fourth-order valence-electron chi connectivity index (χ4n) is 3.11. The van der Waals surface area contributed by atoms with Gasteiger partial charge in [-0.1, -0.05) is 18.2 Å². The van der Waals surface area contributed by atoms with E-state index < -0.39 is 11.6 Å². The number of hydrogen-bond acceptors (Lipinski definition) is 3. The first-order chi connectivity index (χ1) is 14.0. The van der Waals surface area contributed by atoms with Crippen molar-refractivity contribution in [2.24, 2.45) is 0 Å². The van der Waals surface area contributed by atoms with Crippen LogP contribution in [0.3, 0.4) is 0 Å². The van der Waals surface area contributed by atoms with Crippen LogP contribution in [-0.2, 0) is 4.79 Å². The van der Waals surface area contributed by atoms with Crippen molar-refractivity contribution >= 4 is 35.0 Å². The molecule has 1 saturated heterocycles. The molecule has 3 aromatic rings. The highest BCUT2D eigenvalue weighted by molar-refractivity contribution is 8.00. The normalized spacial score (nSPS) is 16.1. The zero-order valence-electron chi connectivity index (χ0n) is 15.1. The van der Waals surface area contributed by atoms with Crippen LogP contribution in [0.5, 0.6) is 0 Å². The standard InChI is InChI=1S/C22H16F2N2O2S/c23-16-8-4-14(5-9-16)21(28)25-18-10-6-15(7-11-18)22-26(20(27)13-29-22)19-3-1-2-17(24)12-19/h1-12,22H,13H2,(H,25,28). The predicted octanol–water partition coefficient (Wildman–Crippen LogP) is 5.00. The summed E-state index contributed by atoms with van der Waals surface area (Å²) < 4.78 is 26.6. The van der Waals surface area contributed by atoms with Crippen LogP contribution >= 0.6 is 11.8 Å². The Morgan fingerprint density at radius 2 is 1.69 bits per heavy atom. The molecule has 0 aromatic heterocycles. The third-order valence-corrected chi connectivity index (χ3v) is 5.73. The smallest absolute Gasteiger partial charge is 0.255 e. The van der Waals surface area contributed by atoms with Gasteiger partial charge >= 0.3 is 0 Å². The van der Waals surface area contributed by atoms with E-state index in [2.05, 4.69) is 5.32 Å². The maximum atomic E-state index is 13.6. The van der Waals surface area contributed by atoms with Gasteiger partial charge in [-0.15, -0.1) is 11.8 Å². The number of halogens is 2. The van der Waals surface area contributed by atoms with Crippen LogP contribution in [0.4, 0.5) is 20.2 Å². The summed E-state index contributed by atoms with van der Waals surface area (Å²) in [6.07, 6.45) is 0. The van der Waals surface area contributed by atoms with Crippen molar-refractivity contribution < 1.29 is 18.4 Å². The summed E-state index contributed by atoms with van der Waals surface area (Å²) in [4.78, 5) is 26.2. The Balaban J connectivity index is 1.51. The number of nitrogens with zero attached hydrogens (tertiary/aromatic N) is 1. The lowest BCUT2D eigenvalue weighted by Gasteiger charge is -2.24. The largest absolute Gasteiger partial charge is 0.322 e. The maximum Gasteiger partial charge on any atom is 0.255 e. The van der Waals surface area contributed by atoms with E-state index >= 15 is 0 Å². The molecule has 0 saturated carbocycles. The molecule has 1 unspecified atom stereocenters. The predicted molar refractivity (Wildman–Crippen MR) is 110 cm³/mol. The highest BCUT2D eigenvalue weighted by atomic mass is 32.2. The van der Waals surface area contributed by atoms with Gasteiger partial charge in [-0.05, 0) is 60.2 Å². The summed E-state index contributed by atoms with van der Waals surface area (Å²) in [5.41, 5.74) is 2.31. The zero-order valence-corrected chi connectivity index (χ0v) is 16.0. The van der Waals surface area contributed by atoms with Gasteiger partial charge < -0.3 is 5.32 Å². The van der Waals surface area contributed by atoms with Gasteiger partial charge in [0.2, 0.25) is 5.91 Å². The summed E-state index contributed by atoms with van der Waals surface area (Å²) >= 11 is 1.46. The lowest BCUT2D eigenvalue weighted by atomic mass is 10.1. The van der Waals surface area contributed by atoms with Gasteiger partial charge in [0, 0.05) is 16.9 Å². The molecule has 0 aliphatic carbocycles. The lowest BCUT2D eigenvalue weighted by molar-refractivity contribution is -0.115. The van der Waals surface area contributed by atoms with Gasteiger partial charge in [0.05, 0.1) is 5.75 Å². The number of thioether (sulfide) groups is 1. The molecule has 0 spiro atoms. The van der Waals surface area contributed by atoms with Crippen molar-refractivity contribution in [3.05, 3.63) is 95.6 Å². The number of carbonyl (C=O) groups is 2. The molecule has 0 radical (unpaired) electrons. The Morgan fingerprint density at radius 1 is 0.966 bits per heavy atom. The summed E-state index contributed by atoms with van der Waals surface area (Å²) in [7, 11) is 0. The van der Waals surface area contributed by atoms with Gasteiger partial charge in [0.25, 0.3) is 5.91 Å². The van der Waals surface area contributed by atoms with E-state index in [0.717, 1.165) is 5.56 Å². The Hall–Kier alpha value is -3.19. The first kappa shape index (κ1) is 19.1. The number of carbonyl (C=O) groups excluding carboxylic acids is 2. The van der Waals surface area contributed by atoms with Crippen molar-refractivity contribution in [1.29, 1.82) is 0 Å². The van der Waals surface area contributed by atoms with Crippen LogP contribution in [0.15, 0.2) is 72.8 Å². The molecule has 2 amide bonds. The van der Waals surface area contributed by atoms with Crippen molar-refractivity contribution in [3.63, 3.8) is 0 Å². The quantitative estimate of drug-likeness (QED) is 0.659. The molecular weight excluding hydrogens is 394 g/mol. The first-order valence-electron chi connectivity index (χ1n) is 8.87. The Bertz CT molecular complexity index is 1060. The number of hydrogen-bond donors (Lipinski definition) is 1. The van der Waals surface area contributed by atoms with E-state index in [4.69, 9.17) is 0 Å². The van der Waals surface area contributed by atoms with Gasteiger partial charge in [-0.2, -0.15) is 0 Å². The zero-order chi connectivity index (χ0) is 20.4. The highest BCUT2D eigenvalue weighted by Gasteiger charge is 2.34. The molecule has 1 atom stereocenters. The SMILES string of the molecule is O=C(Nc1ccc(C2SCC(=O)N2c2cccc(F)c2)cc1)c1ccc(F)cc1. The van der Waals surface area contributed by atoms with Crippen molar-refractivity contribution in [1.82, 2.24) is 0 Å². The summed E-state index contributed by atoms with van der Waals surface area (Å²) in [6, 6.07) is 18.4. The average Bonchev–Trinajstić information content (AvgIpc) is 3.10. The number of rotatable bonds is 4. The molecule has 29 heavy (non-hydrogen) atoms. The second kappa shape index (κ2) is 8.05. The molecule has 146 valence electrons. The second-order valence-corrected chi connectivity index (χ2v) is 7.56. The van der Waals surface area contributed by atoms with Gasteiger partial charge in [0.1, 0.15) is 17.0 Å². The van der Waals surface area contributed by atoms with Crippen LogP contribution in [0.2, 0.25) is 0 Å². The third-order valence-electron chi connectivity index (χ3n) is 4.51. The van der Waals surface area contributed by atoms with Crippen LogP contribution in [0, 0.1) is 11.6 Å². The summed E-state index contributed by atoms with van der Waals surface area (Å²) in [5.74, 6) is -0.921. The van der Waals surface area contributed by atoms with Crippen molar-refractivity contribution in [3.8, 4) is 0 Å². The Labute approximate surface area is 170 Å². The monoisotopic (exact) mass is 410 g/mol. The molecule has 1 aliphatic rings. The second-order valence-electron chi connectivity index (χ2n) is 6.49. The molecule has 1 fully saturated rings. The Kier molecular flexibility index (Phi) is 5.31. The molecule has 1 heterocycles. The van der Waals surface area contributed by atoms with Crippen molar-refractivity contribution in [2.45, 2.75) is 5.37 Å². The average molecular weight is 410 g/mol. The van der Waals surface area contributed by atoms with Gasteiger partial charge in [0.15, 0.2) is 0 Å². The molecule has 7 heteroatoms. The van der Waals surface area contributed by atoms with Crippen LogP contribution < -0.4 is 10.2 Å². The van der Waals surface area contributed by atoms with Gasteiger partial charge in [-0.25, -0.2) is 8.78 Å². The van der Waals surface area contributed by atoms with E-state index in [9.17, 15) is 18.4 Å². The van der Waals surface area contributed by atoms with E-state index in [-0.39, 0.29) is 17.2 Å². The number of anilines is 2. The van der Waals surface area contributed by atoms with E-state index in [1.54, 1.807) is 29.2 Å². The van der Waals surface area contributed by atoms with Crippen LogP contribution in [0.1, 0.15) is 21.3 Å². The molecule has 4 nitrogen and oxygen atoms in total. The lowest BCUT2D eigenvalue weighted by Crippen LogP contribution is -2.27. The molecule has 1 N–H and O–H groups in total. The highest BCUT2D eigenvalue weighted by Crippen LogP contribution is 2.42. The fourth-order valence-corrected chi connectivity index (χ4v) is 4.29. The van der Waals surface area contributed by atoms with Gasteiger partial charge in [-0.3, -0.25) is 14.5 Å². The molecule has 4 rings (SSSR count). The number of amides is 2. The summed E-state index contributed by atoms with van der Waals surface area (Å²) in [6.45, 7) is 0. The number of nitrogens with one attached hydrogen (secondary N) is 1. The molecule has 3 aromatic carbocycles. The fraction of sp³-hybridized carbons (Fsp3) is 0.0909. The molecule has 1 aliphatic heterocycles. The van der Waals surface area contributed by atoms with Crippen LogP contribution in [-0.4, -0.2) is 17.6 Å². The molecular formula is C22H16F2N2O2S. The molecule has 0 bridgehead atoms. The Morgan fingerprint density at radius 3 is 2.38 bits per heavy atom.